The van der Waals surface area contributed by atoms with E-state index in [1.54, 1.807) is 13.3 Å². The van der Waals surface area contributed by atoms with Crippen molar-refractivity contribution in [1.29, 1.82) is 0 Å². The molecule has 0 saturated carbocycles. The van der Waals surface area contributed by atoms with Gasteiger partial charge < -0.3 is 10.1 Å². The summed E-state index contributed by atoms with van der Waals surface area (Å²) in [6.45, 7) is 4.65. The number of rotatable bonds is 7. The van der Waals surface area contributed by atoms with E-state index < -0.39 is 0 Å². The summed E-state index contributed by atoms with van der Waals surface area (Å²) in [5, 5.41) is 8.41. The molecule has 4 aromatic rings. The molecule has 2 aromatic heterocycles. The Kier molecular flexibility index (Phi) is 6.23. The van der Waals surface area contributed by atoms with Gasteiger partial charge in [-0.3, -0.25) is 4.79 Å². The second-order valence-electron chi connectivity index (χ2n) is 7.31. The number of hydrogen-bond acceptors (Lipinski definition) is 5. The monoisotopic (exact) mass is 432 g/mol. The summed E-state index contributed by atoms with van der Waals surface area (Å²) in [4.78, 5) is 16.8. The number of carbonyl (C=O) groups excluding carboxylic acids is 1. The largest absolute Gasteiger partial charge is 0.497 e. The lowest BCUT2D eigenvalue weighted by Gasteiger charge is -2.07. The van der Waals surface area contributed by atoms with Gasteiger partial charge in [0.25, 0.3) is 0 Å². The number of methoxy groups -OCH3 is 1. The molecule has 1 amide bonds. The molecule has 0 aliphatic rings. The van der Waals surface area contributed by atoms with Crippen LogP contribution in [0.15, 0.2) is 66.0 Å². The van der Waals surface area contributed by atoms with Crippen LogP contribution in [-0.2, 0) is 11.3 Å². The summed E-state index contributed by atoms with van der Waals surface area (Å²) < 4.78 is 7.03. The molecule has 158 valence electrons. The van der Waals surface area contributed by atoms with Crippen LogP contribution in [0, 0.1) is 13.8 Å². The summed E-state index contributed by atoms with van der Waals surface area (Å²) in [6.07, 6.45) is 3.54. The average molecular weight is 433 g/mol. The van der Waals surface area contributed by atoms with Crippen molar-refractivity contribution in [3.63, 3.8) is 0 Å². The Hall–Kier alpha value is -3.32. The van der Waals surface area contributed by atoms with Gasteiger partial charge in [-0.2, -0.15) is 5.10 Å². The van der Waals surface area contributed by atoms with Crippen LogP contribution in [0.3, 0.4) is 0 Å². The highest BCUT2D eigenvalue weighted by atomic mass is 32.2. The minimum atomic E-state index is -0.0504. The van der Waals surface area contributed by atoms with Gasteiger partial charge in [-0.25, -0.2) is 9.50 Å². The number of amides is 1. The fourth-order valence-corrected chi connectivity index (χ4v) is 4.02. The molecule has 0 atom stereocenters. The molecule has 4 rings (SSSR count). The van der Waals surface area contributed by atoms with Crippen molar-refractivity contribution in [2.45, 2.75) is 25.4 Å². The number of thioether (sulfide) groups is 1. The summed E-state index contributed by atoms with van der Waals surface area (Å²) in [7, 11) is 1.63. The van der Waals surface area contributed by atoms with Crippen molar-refractivity contribution >= 4 is 23.2 Å². The predicted molar refractivity (Wildman–Crippen MR) is 123 cm³/mol. The number of fused-ring (bicyclic) bond motifs is 1. The highest BCUT2D eigenvalue weighted by Crippen LogP contribution is 2.27. The van der Waals surface area contributed by atoms with Gasteiger partial charge in [0.2, 0.25) is 5.91 Å². The fourth-order valence-electron chi connectivity index (χ4n) is 3.22. The van der Waals surface area contributed by atoms with Gasteiger partial charge in [0, 0.05) is 24.5 Å². The number of hydrogen-bond donors (Lipinski definition) is 1. The molecule has 7 heteroatoms. The zero-order valence-electron chi connectivity index (χ0n) is 17.8. The van der Waals surface area contributed by atoms with Crippen LogP contribution in [0.5, 0.6) is 5.75 Å². The van der Waals surface area contributed by atoms with Crippen LogP contribution in [0.2, 0.25) is 0 Å². The zero-order valence-corrected chi connectivity index (χ0v) is 18.6. The second kappa shape index (κ2) is 9.22. The molecule has 0 aliphatic heterocycles. The minimum absolute atomic E-state index is 0.0504. The highest BCUT2D eigenvalue weighted by molar-refractivity contribution is 8.00. The Labute approximate surface area is 185 Å². The molecule has 2 aromatic carbocycles. The summed E-state index contributed by atoms with van der Waals surface area (Å²) in [5.41, 5.74) is 6.33. The molecule has 0 bridgehead atoms. The van der Waals surface area contributed by atoms with Gasteiger partial charge in [0.15, 0.2) is 0 Å². The number of ether oxygens (including phenoxy) is 1. The SMILES string of the molecule is COc1cccc(CNC(=O)CSc2nccn3nc(-c4ccc(C)c(C)c4)cc23)c1. The summed E-state index contributed by atoms with van der Waals surface area (Å²) >= 11 is 1.41. The Morgan fingerprint density at radius 2 is 2.00 bits per heavy atom. The van der Waals surface area contributed by atoms with Crippen LogP contribution in [0.25, 0.3) is 16.8 Å². The van der Waals surface area contributed by atoms with Crippen molar-refractivity contribution in [2.24, 2.45) is 0 Å². The molecule has 0 spiro atoms. The maximum Gasteiger partial charge on any atom is 0.230 e. The van der Waals surface area contributed by atoms with E-state index in [1.807, 2.05) is 41.0 Å². The van der Waals surface area contributed by atoms with Crippen molar-refractivity contribution in [1.82, 2.24) is 19.9 Å². The average Bonchev–Trinajstić information content (AvgIpc) is 3.23. The Balaban J connectivity index is 1.44. The lowest BCUT2D eigenvalue weighted by molar-refractivity contribution is -0.118. The molecule has 0 fully saturated rings. The normalized spacial score (nSPS) is 10.9. The number of nitrogens with zero attached hydrogens (tertiary/aromatic N) is 3. The molecule has 2 heterocycles. The summed E-state index contributed by atoms with van der Waals surface area (Å²) in [6, 6.07) is 16.0. The Morgan fingerprint density at radius 3 is 2.81 bits per heavy atom. The molecule has 0 unspecified atom stereocenters. The van der Waals surface area contributed by atoms with E-state index in [2.05, 4.69) is 47.4 Å². The van der Waals surface area contributed by atoms with Gasteiger partial charge in [-0.1, -0.05) is 36.0 Å². The van der Waals surface area contributed by atoms with Gasteiger partial charge in [0.1, 0.15) is 10.8 Å². The van der Waals surface area contributed by atoms with Crippen LogP contribution in [-0.4, -0.2) is 33.4 Å². The van der Waals surface area contributed by atoms with Gasteiger partial charge in [-0.05, 0) is 54.8 Å². The maximum absolute atomic E-state index is 12.4. The Bertz CT molecular complexity index is 1240. The third-order valence-corrected chi connectivity index (χ3v) is 6.12. The first-order valence-electron chi connectivity index (χ1n) is 9.98. The number of aryl methyl sites for hydroxylation is 2. The van der Waals surface area contributed by atoms with Crippen LogP contribution < -0.4 is 10.1 Å². The Morgan fingerprint density at radius 1 is 1.13 bits per heavy atom. The molecule has 6 nitrogen and oxygen atoms in total. The first-order chi connectivity index (χ1) is 15.0. The lowest BCUT2D eigenvalue weighted by Crippen LogP contribution is -2.24. The van der Waals surface area contributed by atoms with E-state index >= 15 is 0 Å². The summed E-state index contributed by atoms with van der Waals surface area (Å²) in [5.74, 6) is 1.00. The third kappa shape index (κ3) is 4.88. The standard InChI is InChI=1S/C24H24N4O2S/c1-16-7-8-19(11-17(16)2)21-13-22-24(25-9-10-28(22)27-21)31-15-23(29)26-14-18-5-4-6-20(12-18)30-3/h4-13H,14-15H2,1-3H3,(H,26,29). The van der Waals surface area contributed by atoms with Gasteiger partial charge in [0.05, 0.1) is 24.1 Å². The van der Waals surface area contributed by atoms with Gasteiger partial charge in [-0.15, -0.1) is 0 Å². The van der Waals surface area contributed by atoms with Crippen LogP contribution in [0.4, 0.5) is 0 Å². The minimum Gasteiger partial charge on any atom is -0.497 e. The second-order valence-corrected chi connectivity index (χ2v) is 8.27. The quantitative estimate of drug-likeness (QED) is 0.438. The maximum atomic E-state index is 12.4. The third-order valence-electron chi connectivity index (χ3n) is 5.12. The topological polar surface area (TPSA) is 68.5 Å². The van der Waals surface area contributed by atoms with Crippen molar-refractivity contribution < 1.29 is 9.53 Å². The first kappa shape index (κ1) is 20.9. The molecule has 1 N–H and O–H groups in total. The molecule has 0 aliphatic carbocycles. The van der Waals surface area contributed by atoms with Crippen molar-refractivity contribution in [3.05, 3.63) is 77.6 Å². The van der Waals surface area contributed by atoms with Crippen molar-refractivity contribution in [2.75, 3.05) is 12.9 Å². The molecular formula is C24H24N4O2S. The molecular weight excluding hydrogens is 408 g/mol. The van der Waals surface area contributed by atoms with E-state index in [0.717, 1.165) is 33.1 Å². The number of carbonyl (C=O) groups is 1. The molecule has 31 heavy (non-hydrogen) atoms. The number of benzene rings is 2. The van der Waals surface area contributed by atoms with Crippen molar-refractivity contribution in [3.8, 4) is 17.0 Å². The lowest BCUT2D eigenvalue weighted by atomic mass is 10.0. The van der Waals surface area contributed by atoms with E-state index in [0.29, 0.717) is 6.54 Å². The molecule has 0 saturated heterocycles. The van der Waals surface area contributed by atoms with E-state index in [-0.39, 0.29) is 11.7 Å². The molecule has 0 radical (unpaired) electrons. The fraction of sp³-hybridized carbons (Fsp3) is 0.208. The predicted octanol–water partition coefficient (Wildman–Crippen LogP) is 4.43. The van der Waals surface area contributed by atoms with Crippen LogP contribution in [0.1, 0.15) is 16.7 Å². The zero-order chi connectivity index (χ0) is 21.8. The smallest absolute Gasteiger partial charge is 0.230 e. The first-order valence-corrected chi connectivity index (χ1v) is 11.0. The highest BCUT2D eigenvalue weighted by Gasteiger charge is 2.12. The van der Waals surface area contributed by atoms with Crippen LogP contribution >= 0.6 is 11.8 Å². The number of nitrogens with one attached hydrogen (secondary N) is 1. The number of aromatic nitrogens is 3. The van der Waals surface area contributed by atoms with E-state index in [9.17, 15) is 4.79 Å². The van der Waals surface area contributed by atoms with E-state index in [1.165, 1.54) is 22.9 Å². The van der Waals surface area contributed by atoms with E-state index in [4.69, 9.17) is 4.74 Å². The van der Waals surface area contributed by atoms with Gasteiger partial charge >= 0.3 is 0 Å².